The molecule has 0 fully saturated rings. The zero-order valence-corrected chi connectivity index (χ0v) is 25.8. The van der Waals surface area contributed by atoms with E-state index in [9.17, 15) is 0 Å². The summed E-state index contributed by atoms with van der Waals surface area (Å²) in [7, 11) is 2.31. The molecule has 0 bridgehead atoms. The second-order valence-corrected chi connectivity index (χ2v) is 38.8. The zero-order chi connectivity index (χ0) is 21.9. The van der Waals surface area contributed by atoms with Crippen molar-refractivity contribution < 1.29 is 13.0 Å². The molecule has 0 aliphatic heterocycles. The van der Waals surface area contributed by atoms with E-state index in [0.29, 0.717) is 0 Å². The van der Waals surface area contributed by atoms with Crippen molar-refractivity contribution in [3.63, 3.8) is 0 Å². The fourth-order valence-corrected chi connectivity index (χ4v) is 12.7. The van der Waals surface area contributed by atoms with E-state index in [1.807, 2.05) is 0 Å². The first-order valence-electron chi connectivity index (χ1n) is 10.8. The minimum atomic E-state index is -3.88. The van der Waals surface area contributed by atoms with Crippen LogP contribution in [-0.4, -0.2) is 7.63 Å². The molecule has 2 rings (SSSR count). The molecule has 1 nitrogen and oxygen atoms in total. The van der Waals surface area contributed by atoms with Crippen LogP contribution in [0, 0.1) is 0 Å². The van der Waals surface area contributed by atoms with Gasteiger partial charge in [0, 0.05) is 0 Å². The van der Waals surface area contributed by atoms with Crippen LogP contribution in [0.15, 0.2) is 40.3 Å². The summed E-state index contributed by atoms with van der Waals surface area (Å²) in [5.74, 6) is 0. The fraction of sp³-hybridized carbons (Fsp3) is 0.600. The van der Waals surface area contributed by atoms with E-state index in [-0.39, 0.29) is 39.4 Å². The van der Waals surface area contributed by atoms with E-state index in [1.165, 1.54) is 16.8 Å². The third-order valence-electron chi connectivity index (χ3n) is 8.03. The van der Waals surface area contributed by atoms with Crippen LogP contribution >= 0.6 is 24.8 Å². The van der Waals surface area contributed by atoms with Gasteiger partial charge in [-0.05, 0) is 0 Å². The molecule has 1 N–H and O–H groups in total. The van der Waals surface area contributed by atoms with Gasteiger partial charge in [-0.3, -0.25) is 0 Å². The molecule has 0 amide bonds. The maximum Gasteiger partial charge on any atom is -0.147 e. The molecule has 30 heavy (non-hydrogen) atoms. The first-order chi connectivity index (χ1) is 12.2. The molecule has 0 radical (unpaired) electrons. The third-order valence-corrected chi connectivity index (χ3v) is 29.9. The van der Waals surface area contributed by atoms with E-state index < -0.39 is 13.0 Å². The van der Waals surface area contributed by atoms with E-state index >= 15 is 0 Å². The number of hydrogen-bond donors (Lipinski definition) is 1. The second-order valence-electron chi connectivity index (χ2n) is 13.6. The number of nitrogens with one attached hydrogen (secondary N) is 1. The van der Waals surface area contributed by atoms with Crippen molar-refractivity contribution in [2.24, 2.45) is 0 Å². The molecule has 0 spiro atoms. The molecule has 0 saturated carbocycles. The topological polar surface area (TPSA) is 12.0 Å². The molecule has 1 aliphatic carbocycles. The Kier molecular flexibility index (Phi) is 8.10. The van der Waals surface area contributed by atoms with Crippen LogP contribution in [0.25, 0.3) is 0 Å². The predicted octanol–water partition coefficient (Wildman–Crippen LogP) is 8.38. The summed E-state index contributed by atoms with van der Waals surface area (Å²) in [5, 5.41) is 5.21. The summed E-state index contributed by atoms with van der Waals surface area (Å²) < 4.78 is 6.17. The number of rotatable bonds is 3. The van der Waals surface area contributed by atoms with Crippen LogP contribution in [0.5, 0.6) is 0 Å². The molecule has 1 aromatic rings. The summed E-state index contributed by atoms with van der Waals surface area (Å²) in [5.41, 5.74) is 4.39. The minimum Gasteiger partial charge on any atom is -0.147 e. The summed E-state index contributed by atoms with van der Waals surface area (Å²) in [6.07, 6.45) is 8.06. The van der Waals surface area contributed by atoms with E-state index in [4.69, 9.17) is 0 Å². The summed E-state index contributed by atoms with van der Waals surface area (Å²) in [4.78, 5) is 0. The van der Waals surface area contributed by atoms with E-state index in [0.717, 1.165) is 6.42 Å². The molecular weight excluding hydrogens is 461 g/mol. The Morgan fingerprint density at radius 2 is 1.40 bits per heavy atom. The Balaban J connectivity index is 0.00000420. The Hall–Kier alpha value is 0.0112. The van der Waals surface area contributed by atoms with Gasteiger partial charge in [0.25, 0.3) is 0 Å². The van der Waals surface area contributed by atoms with Crippen molar-refractivity contribution in [2.75, 3.05) is 3.80 Å². The Bertz CT molecular complexity index is 945. The van der Waals surface area contributed by atoms with Gasteiger partial charge < -0.3 is 0 Å². The van der Waals surface area contributed by atoms with Gasteiger partial charge in [0.15, 0.2) is 0 Å². The molecular formula is C25H46Cl2NSiTi. The first-order valence-corrected chi connectivity index (χ1v) is 20.3. The number of hydrogen-bond acceptors (Lipinski definition) is 1. The van der Waals surface area contributed by atoms with Crippen LogP contribution in [0.4, 0.5) is 5.69 Å². The van der Waals surface area contributed by atoms with Gasteiger partial charge in [0.2, 0.25) is 0 Å². The van der Waals surface area contributed by atoms with E-state index in [2.05, 4.69) is 121 Å². The van der Waals surface area contributed by atoms with Crippen molar-refractivity contribution in [2.45, 2.75) is 93.7 Å². The average molecular weight is 508 g/mol. The van der Waals surface area contributed by atoms with Gasteiger partial charge in [-0.2, -0.15) is 0 Å². The SMILES string of the molecule is CC(C)(C)c1ccc(C(C)(C)C)c([NH][Ti]([CH3])([CH3])(=[SiH2])([C]2=CC=CC2)[C](C)(C)C)c1.Cl.Cl. The van der Waals surface area contributed by atoms with Crippen molar-refractivity contribution in [3.05, 3.63) is 51.4 Å². The van der Waals surface area contributed by atoms with Crippen molar-refractivity contribution in [3.8, 4) is 0 Å². The molecule has 5 heteroatoms. The fourth-order valence-electron chi connectivity index (χ4n) is 4.15. The average Bonchev–Trinajstić information content (AvgIpc) is 2.98. The van der Waals surface area contributed by atoms with Crippen LogP contribution in [0.2, 0.25) is 14.2 Å². The van der Waals surface area contributed by atoms with Crippen molar-refractivity contribution >= 4 is 38.1 Å². The van der Waals surface area contributed by atoms with Gasteiger partial charge in [-0.1, -0.05) is 0 Å². The van der Waals surface area contributed by atoms with Gasteiger partial charge in [0.1, 0.15) is 0 Å². The molecule has 1 aliphatic rings. The number of benzene rings is 1. The molecule has 0 heterocycles. The number of anilines is 1. The first kappa shape index (κ1) is 30.0. The summed E-state index contributed by atoms with van der Waals surface area (Å²) in [6, 6.07) is 7.14. The molecule has 0 aromatic heterocycles. The summed E-state index contributed by atoms with van der Waals surface area (Å²) in [6.45, 7) is 21.2. The standard InChI is InChI=1S/C14H22N.C5H5.C4H9.2CH3.2ClH.H2Si.Ti/c1-13(2,3)10-7-8-11(12(15)9-10)14(4,5)6;1-2-4-5-3-1;1-4(2)3;;;;;;/h7-9,15H,1-6H3;1-3H,4H2;1-3H3;2*1H3;2*1H;1H2;/q-1;;;;;;;;+1. The second kappa shape index (κ2) is 8.10. The van der Waals surface area contributed by atoms with Crippen LogP contribution in [-0.2, 0) is 23.8 Å². The molecule has 0 unspecified atom stereocenters. The van der Waals surface area contributed by atoms with Crippen LogP contribution in [0.3, 0.4) is 0 Å². The number of halogens is 2. The Morgan fingerprint density at radius 3 is 1.77 bits per heavy atom. The van der Waals surface area contributed by atoms with Crippen LogP contribution < -0.4 is 3.80 Å². The Labute approximate surface area is 199 Å². The Morgan fingerprint density at radius 1 is 0.867 bits per heavy atom. The van der Waals surface area contributed by atoms with Gasteiger partial charge in [-0.25, -0.2) is 0 Å². The zero-order valence-electron chi connectivity index (χ0n) is 21.2. The maximum absolute atomic E-state index is 4.37. The quantitative estimate of drug-likeness (QED) is 0.405. The van der Waals surface area contributed by atoms with Gasteiger partial charge in [0.05, 0.1) is 0 Å². The minimum absolute atomic E-state index is 0. The van der Waals surface area contributed by atoms with E-state index in [1.54, 1.807) is 3.88 Å². The van der Waals surface area contributed by atoms with Crippen LogP contribution in [0.1, 0.15) is 79.9 Å². The van der Waals surface area contributed by atoms with Crippen molar-refractivity contribution in [1.82, 2.24) is 0 Å². The maximum atomic E-state index is 4.37. The largest absolute Gasteiger partial charge is 0.147 e. The number of allylic oxidation sites excluding steroid dienone is 4. The monoisotopic (exact) mass is 506 g/mol. The summed E-state index contributed by atoms with van der Waals surface area (Å²) >= 11 is -3.88. The predicted molar refractivity (Wildman–Crippen MR) is 144 cm³/mol. The molecule has 173 valence electrons. The normalized spacial score (nSPS) is 17.2. The smallest absolute Gasteiger partial charge is 0.147 e. The van der Waals surface area contributed by atoms with Crippen molar-refractivity contribution in [1.29, 1.82) is 0 Å². The molecule has 0 saturated heterocycles. The molecule has 1 aromatic carbocycles. The van der Waals surface area contributed by atoms with Gasteiger partial charge >= 0.3 is 175 Å². The molecule has 0 atom stereocenters. The third kappa shape index (κ3) is 4.99. The van der Waals surface area contributed by atoms with Gasteiger partial charge in [-0.15, -0.1) is 24.8 Å².